The standard InChI is InChI=1S/C28H29FN8S/c1-17(2)33-20-8-10-28(29,11-9-20)27-36-35-26(38-27)22-16-31-24(13-23(22)34-19-4-3-5-19)25-7-6-21-12-18(14-30)15-32-37(21)25/h6-7,12-13,15-16,19-20,33H,1,3-5,8-11H2,2H3,(H,31,34). The summed E-state index contributed by atoms with van der Waals surface area (Å²) in [5, 5.41) is 30.5. The predicted molar refractivity (Wildman–Crippen MR) is 146 cm³/mol. The molecule has 4 aromatic rings. The molecule has 8 nitrogen and oxygen atoms in total. The maximum atomic E-state index is 16.0. The quantitative estimate of drug-likeness (QED) is 0.304. The van der Waals surface area contributed by atoms with E-state index in [1.54, 1.807) is 23.0 Å². The number of rotatable bonds is 7. The number of allylic oxidation sites excluding steroid dienone is 1. The average molecular weight is 529 g/mol. The Morgan fingerprint density at radius 1 is 1.16 bits per heavy atom. The van der Waals surface area contributed by atoms with Crippen LogP contribution in [0.15, 0.2) is 48.9 Å². The van der Waals surface area contributed by atoms with Crippen LogP contribution in [-0.4, -0.2) is 36.9 Å². The predicted octanol–water partition coefficient (Wildman–Crippen LogP) is 5.98. The molecule has 0 aromatic carbocycles. The zero-order valence-corrected chi connectivity index (χ0v) is 22.1. The summed E-state index contributed by atoms with van der Waals surface area (Å²) >= 11 is 1.32. The van der Waals surface area contributed by atoms with Crippen molar-refractivity contribution in [3.63, 3.8) is 0 Å². The van der Waals surface area contributed by atoms with Gasteiger partial charge in [-0.3, -0.25) is 4.98 Å². The van der Waals surface area contributed by atoms with E-state index < -0.39 is 5.67 Å². The molecule has 2 aliphatic carbocycles. The van der Waals surface area contributed by atoms with E-state index >= 15 is 4.39 Å². The summed E-state index contributed by atoms with van der Waals surface area (Å²) < 4.78 is 17.8. The first-order chi connectivity index (χ1) is 18.4. The van der Waals surface area contributed by atoms with Crippen molar-refractivity contribution in [1.82, 2.24) is 30.1 Å². The minimum absolute atomic E-state index is 0.255. The third kappa shape index (κ3) is 4.63. The molecule has 0 unspecified atom stereocenters. The number of nitrogens with one attached hydrogen (secondary N) is 2. The normalized spacial score (nSPS) is 21.6. The molecule has 0 aliphatic heterocycles. The zero-order valence-electron chi connectivity index (χ0n) is 21.2. The van der Waals surface area contributed by atoms with Crippen LogP contribution in [0.25, 0.3) is 27.5 Å². The van der Waals surface area contributed by atoms with E-state index in [0.29, 0.717) is 34.5 Å². The molecule has 2 aliphatic rings. The minimum Gasteiger partial charge on any atom is -0.386 e. The molecule has 6 rings (SSSR count). The van der Waals surface area contributed by atoms with Crippen molar-refractivity contribution < 1.29 is 4.39 Å². The van der Waals surface area contributed by atoms with Crippen molar-refractivity contribution in [3.8, 4) is 28.0 Å². The highest BCUT2D eigenvalue weighted by Gasteiger charge is 2.40. The summed E-state index contributed by atoms with van der Waals surface area (Å²) in [5.74, 6) is 0. The van der Waals surface area contributed by atoms with Crippen LogP contribution in [0.3, 0.4) is 0 Å². The number of fused-ring (bicyclic) bond motifs is 1. The van der Waals surface area contributed by atoms with E-state index in [1.807, 2.05) is 25.1 Å². The van der Waals surface area contributed by atoms with E-state index in [-0.39, 0.29) is 6.04 Å². The summed E-state index contributed by atoms with van der Waals surface area (Å²) in [6, 6.07) is 10.5. The van der Waals surface area contributed by atoms with Crippen molar-refractivity contribution >= 4 is 22.5 Å². The van der Waals surface area contributed by atoms with Crippen molar-refractivity contribution in [2.45, 2.75) is 69.6 Å². The van der Waals surface area contributed by atoms with Crippen LogP contribution >= 0.6 is 11.3 Å². The third-order valence-corrected chi connectivity index (χ3v) is 8.66. The third-order valence-electron chi connectivity index (χ3n) is 7.53. The number of halogens is 1. The molecule has 0 saturated heterocycles. The number of nitriles is 1. The largest absolute Gasteiger partial charge is 0.386 e. The lowest BCUT2D eigenvalue weighted by molar-refractivity contribution is 0.0918. The van der Waals surface area contributed by atoms with Gasteiger partial charge in [0.25, 0.3) is 0 Å². The highest BCUT2D eigenvalue weighted by molar-refractivity contribution is 7.14. The molecule has 0 bridgehead atoms. The van der Waals surface area contributed by atoms with E-state index in [9.17, 15) is 5.26 Å². The Balaban J connectivity index is 1.31. The molecule has 0 atom stereocenters. The molecular weight excluding hydrogens is 499 g/mol. The second kappa shape index (κ2) is 9.80. The van der Waals surface area contributed by atoms with Gasteiger partial charge in [0.1, 0.15) is 6.07 Å². The highest BCUT2D eigenvalue weighted by atomic mass is 32.1. The first-order valence-electron chi connectivity index (χ1n) is 13.0. The van der Waals surface area contributed by atoms with Gasteiger partial charge < -0.3 is 10.6 Å². The Morgan fingerprint density at radius 2 is 1.97 bits per heavy atom. The number of aromatic nitrogens is 5. The van der Waals surface area contributed by atoms with Crippen LogP contribution in [0.5, 0.6) is 0 Å². The Morgan fingerprint density at radius 3 is 2.68 bits per heavy atom. The smallest absolute Gasteiger partial charge is 0.164 e. The lowest BCUT2D eigenvalue weighted by Crippen LogP contribution is -2.36. The van der Waals surface area contributed by atoms with Gasteiger partial charge in [0.15, 0.2) is 15.7 Å². The van der Waals surface area contributed by atoms with E-state index in [2.05, 4.69) is 38.6 Å². The number of anilines is 1. The lowest BCUT2D eigenvalue weighted by Gasteiger charge is -2.33. The van der Waals surface area contributed by atoms with Crippen molar-refractivity contribution in [3.05, 3.63) is 59.5 Å². The van der Waals surface area contributed by atoms with E-state index in [1.165, 1.54) is 17.8 Å². The van der Waals surface area contributed by atoms with E-state index in [4.69, 9.17) is 4.98 Å². The van der Waals surface area contributed by atoms with E-state index in [0.717, 1.165) is 59.5 Å². The van der Waals surface area contributed by atoms with Gasteiger partial charge in [-0.2, -0.15) is 10.4 Å². The topological polar surface area (TPSA) is 104 Å². The van der Waals surface area contributed by atoms with Crippen LogP contribution in [0.1, 0.15) is 62.4 Å². The van der Waals surface area contributed by atoms with Crippen LogP contribution < -0.4 is 10.6 Å². The van der Waals surface area contributed by atoms with Gasteiger partial charge in [0.05, 0.1) is 34.2 Å². The monoisotopic (exact) mass is 528 g/mol. The van der Waals surface area contributed by atoms with Gasteiger partial charge >= 0.3 is 0 Å². The van der Waals surface area contributed by atoms with Crippen LogP contribution in [0.2, 0.25) is 0 Å². The van der Waals surface area contributed by atoms with Gasteiger partial charge in [0.2, 0.25) is 0 Å². The molecule has 4 aromatic heterocycles. The summed E-state index contributed by atoms with van der Waals surface area (Å²) in [4.78, 5) is 4.74. The first kappa shape index (κ1) is 24.5. The SMILES string of the molecule is C=C(C)NC1CCC(F)(c2nnc(-c3cnc(-c4ccc5cc(C#N)cnn45)cc3NC3CCC3)s2)CC1. The maximum Gasteiger partial charge on any atom is 0.164 e. The van der Waals surface area contributed by atoms with Gasteiger partial charge in [-0.05, 0) is 76.1 Å². The Kier molecular flexibility index (Phi) is 6.32. The van der Waals surface area contributed by atoms with Crippen LogP contribution in [0, 0.1) is 11.3 Å². The number of pyridine rings is 1. The molecule has 2 saturated carbocycles. The fourth-order valence-electron chi connectivity index (χ4n) is 5.21. The van der Waals surface area contributed by atoms with Crippen LogP contribution in [-0.2, 0) is 5.67 Å². The summed E-state index contributed by atoms with van der Waals surface area (Å²) in [6.45, 7) is 5.84. The van der Waals surface area contributed by atoms with Gasteiger partial charge in [-0.25, -0.2) is 8.91 Å². The maximum absolute atomic E-state index is 16.0. The van der Waals surface area contributed by atoms with Gasteiger partial charge in [0, 0.05) is 29.7 Å². The molecular formula is C28H29FN8S. The molecule has 0 spiro atoms. The van der Waals surface area contributed by atoms with Gasteiger partial charge in [-0.15, -0.1) is 10.2 Å². The second-order valence-electron chi connectivity index (χ2n) is 10.4. The lowest BCUT2D eigenvalue weighted by atomic mass is 9.84. The van der Waals surface area contributed by atoms with Gasteiger partial charge in [-0.1, -0.05) is 17.9 Å². The molecule has 0 amide bonds. The Bertz CT molecular complexity index is 1540. The molecule has 38 heavy (non-hydrogen) atoms. The summed E-state index contributed by atoms with van der Waals surface area (Å²) in [5.41, 5.74) is 4.11. The van der Waals surface area contributed by atoms with Crippen molar-refractivity contribution in [2.75, 3.05) is 5.32 Å². The van der Waals surface area contributed by atoms with Crippen molar-refractivity contribution in [2.24, 2.45) is 0 Å². The molecule has 0 radical (unpaired) electrons. The second-order valence-corrected chi connectivity index (χ2v) is 11.4. The first-order valence-corrected chi connectivity index (χ1v) is 13.8. The molecule has 10 heteroatoms. The number of hydrogen-bond donors (Lipinski definition) is 2. The Labute approximate surface area is 224 Å². The number of nitrogens with zero attached hydrogens (tertiary/aromatic N) is 6. The molecule has 2 N–H and O–H groups in total. The fraction of sp³-hybridized carbons (Fsp3) is 0.393. The number of alkyl halides is 1. The zero-order chi connectivity index (χ0) is 26.3. The fourth-order valence-corrected chi connectivity index (χ4v) is 6.21. The minimum atomic E-state index is -1.46. The molecule has 4 heterocycles. The van der Waals surface area contributed by atoms with Crippen LogP contribution in [0.4, 0.5) is 10.1 Å². The van der Waals surface area contributed by atoms with Crippen molar-refractivity contribution in [1.29, 1.82) is 5.26 Å². The Hall–Kier alpha value is -3.84. The molecule has 194 valence electrons. The highest BCUT2D eigenvalue weighted by Crippen LogP contribution is 2.44. The summed E-state index contributed by atoms with van der Waals surface area (Å²) in [7, 11) is 0. The average Bonchev–Trinajstić information content (AvgIpc) is 3.55. The number of hydrogen-bond acceptors (Lipinski definition) is 8. The molecule has 2 fully saturated rings. The summed E-state index contributed by atoms with van der Waals surface area (Å²) in [6.07, 6.45) is 9.07.